The van der Waals surface area contributed by atoms with Gasteiger partial charge in [-0.2, -0.15) is 5.01 Å². The number of carbonyl (C=O) groups excluding carboxylic acids is 2. The van der Waals surface area contributed by atoms with Gasteiger partial charge in [-0.1, -0.05) is 23.4 Å². The largest absolute Gasteiger partial charge is 0.457 e. The second kappa shape index (κ2) is 10.7. The van der Waals surface area contributed by atoms with E-state index in [1.54, 1.807) is 12.1 Å². The number of halogens is 1. The maximum atomic E-state index is 12.8. The van der Waals surface area contributed by atoms with Crippen LogP contribution >= 0.6 is 35.6 Å². The molecule has 1 aromatic carbocycles. The molecule has 2 amide bonds. The zero-order chi connectivity index (χ0) is 24.2. The Balaban J connectivity index is 1.40. The summed E-state index contributed by atoms with van der Waals surface area (Å²) in [6.45, 7) is 3.40. The second-order valence-electron chi connectivity index (χ2n) is 7.38. The summed E-state index contributed by atoms with van der Waals surface area (Å²) >= 11 is 12.5. The third-order valence-corrected chi connectivity index (χ3v) is 6.73. The number of carbonyl (C=O) groups is 2. The molecule has 2 fully saturated rings. The van der Waals surface area contributed by atoms with Crippen LogP contribution in [-0.2, 0) is 14.3 Å². The molecular weight excluding hydrogens is 504 g/mol. The van der Waals surface area contributed by atoms with Gasteiger partial charge in [0.2, 0.25) is 5.91 Å². The van der Waals surface area contributed by atoms with Crippen LogP contribution in [0.2, 0.25) is 5.02 Å². The van der Waals surface area contributed by atoms with Crippen molar-refractivity contribution < 1.29 is 23.7 Å². The molecule has 0 spiro atoms. The van der Waals surface area contributed by atoms with Gasteiger partial charge < -0.3 is 9.15 Å². The first-order valence-corrected chi connectivity index (χ1v) is 11.8. The second-order valence-corrected chi connectivity index (χ2v) is 9.46. The molecule has 2 saturated heterocycles. The van der Waals surface area contributed by atoms with Crippen molar-refractivity contribution in [2.75, 3.05) is 32.8 Å². The van der Waals surface area contributed by atoms with Crippen LogP contribution in [0.15, 0.2) is 39.7 Å². The third-order valence-electron chi connectivity index (χ3n) is 5.12. The van der Waals surface area contributed by atoms with E-state index in [2.05, 4.69) is 10.3 Å². The van der Waals surface area contributed by atoms with Crippen molar-refractivity contribution in [3.05, 3.63) is 56.1 Å². The fourth-order valence-electron chi connectivity index (χ4n) is 3.35. The highest BCUT2D eigenvalue weighted by Crippen LogP contribution is 2.35. The summed E-state index contributed by atoms with van der Waals surface area (Å²) in [4.78, 5) is 37.9. The van der Waals surface area contributed by atoms with Crippen molar-refractivity contribution >= 4 is 63.5 Å². The molecule has 3 heterocycles. The van der Waals surface area contributed by atoms with Crippen molar-refractivity contribution in [3.8, 4) is 11.3 Å². The molecule has 1 aromatic heterocycles. The van der Waals surface area contributed by atoms with Crippen LogP contribution in [0.3, 0.4) is 0 Å². The zero-order valence-corrected chi connectivity index (χ0v) is 20.1. The highest BCUT2D eigenvalue weighted by molar-refractivity contribution is 8.26. The van der Waals surface area contributed by atoms with Crippen LogP contribution in [0, 0.1) is 10.1 Å². The lowest BCUT2D eigenvalue weighted by Crippen LogP contribution is -2.46. The number of rotatable bonds is 7. The van der Waals surface area contributed by atoms with E-state index < -0.39 is 10.8 Å². The third kappa shape index (κ3) is 5.65. The number of morpholine rings is 1. The predicted octanol–water partition coefficient (Wildman–Crippen LogP) is 3.46. The van der Waals surface area contributed by atoms with Crippen LogP contribution in [-0.4, -0.2) is 63.8 Å². The maximum Gasteiger partial charge on any atom is 0.285 e. The summed E-state index contributed by atoms with van der Waals surface area (Å²) in [5.74, 6) is -0.0141. The van der Waals surface area contributed by atoms with Crippen molar-refractivity contribution in [2.24, 2.45) is 0 Å². The van der Waals surface area contributed by atoms with Crippen molar-refractivity contribution in [1.29, 1.82) is 0 Å². The molecule has 2 aromatic rings. The molecule has 13 heteroatoms. The summed E-state index contributed by atoms with van der Waals surface area (Å²) in [5.41, 5.74) is 2.92. The number of nitro benzene ring substituents is 1. The van der Waals surface area contributed by atoms with Crippen LogP contribution in [0.1, 0.15) is 12.2 Å². The first-order chi connectivity index (χ1) is 16.3. The predicted molar refractivity (Wildman–Crippen MR) is 131 cm³/mol. The topological polar surface area (TPSA) is 118 Å². The molecule has 0 radical (unpaired) electrons. The quantitative estimate of drug-likeness (QED) is 0.252. The minimum Gasteiger partial charge on any atom is -0.457 e. The average Bonchev–Trinajstić information content (AvgIpc) is 3.38. The summed E-state index contributed by atoms with van der Waals surface area (Å²) in [6.07, 6.45) is 1.75. The van der Waals surface area contributed by atoms with Crippen LogP contribution in [0.25, 0.3) is 17.4 Å². The van der Waals surface area contributed by atoms with Crippen molar-refractivity contribution in [1.82, 2.24) is 15.3 Å². The molecule has 0 bridgehead atoms. The van der Waals surface area contributed by atoms with Gasteiger partial charge in [-0.25, -0.2) is 0 Å². The highest BCUT2D eigenvalue weighted by atomic mass is 35.5. The minimum atomic E-state index is -0.535. The summed E-state index contributed by atoms with van der Waals surface area (Å²) in [7, 11) is 0. The standard InChI is InChI=1S/C21H19ClN4O6S2/c22-16-11-13(26(29)30)1-3-15(16)17-4-2-14(32-17)12-18-20(28)25(21(33)34-18)23-19(27)5-6-24-7-9-31-10-8-24/h1-4,11-12H,5-10H2,(H,23,27)/b18-12+. The Morgan fingerprint density at radius 2 is 2.06 bits per heavy atom. The lowest BCUT2D eigenvalue weighted by Gasteiger charge is -2.26. The normalized spacial score (nSPS) is 18.0. The number of thioether (sulfide) groups is 1. The maximum absolute atomic E-state index is 12.8. The zero-order valence-electron chi connectivity index (χ0n) is 17.7. The van der Waals surface area contributed by atoms with Gasteiger partial charge in [0, 0.05) is 49.8 Å². The van der Waals surface area contributed by atoms with E-state index in [4.69, 9.17) is 33.0 Å². The fraction of sp³-hybridized carbons (Fsp3) is 0.286. The number of hydrogen-bond acceptors (Lipinski definition) is 9. The minimum absolute atomic E-state index is 0.129. The van der Waals surface area contributed by atoms with E-state index in [1.807, 2.05) is 0 Å². The van der Waals surface area contributed by atoms with Crippen molar-refractivity contribution in [2.45, 2.75) is 6.42 Å². The number of non-ortho nitro benzene ring substituents is 1. The molecule has 2 aliphatic heterocycles. The van der Waals surface area contributed by atoms with Crippen LogP contribution < -0.4 is 5.43 Å². The number of thiocarbonyl (C=S) groups is 1. The Bertz CT molecular complexity index is 1180. The molecule has 2 aliphatic rings. The van der Waals surface area contributed by atoms with Crippen molar-refractivity contribution in [3.63, 3.8) is 0 Å². The number of ether oxygens (including phenoxy) is 1. The molecule has 1 N–H and O–H groups in total. The van der Waals surface area contributed by atoms with Gasteiger partial charge in [0.25, 0.3) is 11.6 Å². The van der Waals surface area contributed by atoms with E-state index in [9.17, 15) is 19.7 Å². The summed E-state index contributed by atoms with van der Waals surface area (Å²) in [5, 5.41) is 12.1. The molecule has 10 nitrogen and oxygen atoms in total. The average molecular weight is 523 g/mol. The number of nitro groups is 1. The number of amides is 2. The lowest BCUT2D eigenvalue weighted by atomic mass is 10.1. The first kappa shape index (κ1) is 24.4. The number of benzene rings is 1. The van der Waals surface area contributed by atoms with Gasteiger partial charge >= 0.3 is 0 Å². The van der Waals surface area contributed by atoms with E-state index in [-0.39, 0.29) is 32.3 Å². The molecule has 4 rings (SSSR count). The molecular formula is C21H19ClN4O6S2. The fourth-order valence-corrected chi connectivity index (χ4v) is 4.78. The first-order valence-electron chi connectivity index (χ1n) is 10.2. The van der Waals surface area contributed by atoms with Crippen LogP contribution in [0.5, 0.6) is 0 Å². The van der Waals surface area contributed by atoms with Gasteiger partial charge in [0.1, 0.15) is 11.5 Å². The SMILES string of the molecule is O=C(CCN1CCOCC1)NN1C(=O)/C(=C\c2ccc(-c3ccc([N+](=O)[O-])cc3Cl)o2)SC1=S. The highest BCUT2D eigenvalue weighted by Gasteiger charge is 2.34. The van der Waals surface area contributed by atoms with Gasteiger partial charge in [0.05, 0.1) is 28.1 Å². The summed E-state index contributed by atoms with van der Waals surface area (Å²) in [6, 6.07) is 7.35. The van der Waals surface area contributed by atoms with Gasteiger partial charge in [-0.15, -0.1) is 0 Å². The Morgan fingerprint density at radius 1 is 1.29 bits per heavy atom. The Labute approximate surface area is 209 Å². The van der Waals surface area contributed by atoms with E-state index >= 15 is 0 Å². The molecule has 0 atom stereocenters. The van der Waals surface area contributed by atoms with E-state index in [1.165, 1.54) is 24.3 Å². The van der Waals surface area contributed by atoms with Gasteiger partial charge in [-0.3, -0.25) is 30.0 Å². The van der Waals surface area contributed by atoms with Gasteiger partial charge in [0.15, 0.2) is 4.32 Å². The van der Waals surface area contributed by atoms with E-state index in [0.717, 1.165) is 29.9 Å². The molecule has 0 saturated carbocycles. The molecule has 34 heavy (non-hydrogen) atoms. The van der Waals surface area contributed by atoms with Crippen LogP contribution in [0.4, 0.5) is 5.69 Å². The van der Waals surface area contributed by atoms with Gasteiger partial charge in [-0.05, 0) is 30.4 Å². The number of nitrogens with zero attached hydrogens (tertiary/aromatic N) is 3. The Kier molecular flexibility index (Phi) is 7.63. The Morgan fingerprint density at radius 3 is 2.76 bits per heavy atom. The lowest BCUT2D eigenvalue weighted by molar-refractivity contribution is -0.384. The number of furan rings is 1. The molecule has 0 aliphatic carbocycles. The van der Waals surface area contributed by atoms with E-state index in [0.29, 0.717) is 36.8 Å². The summed E-state index contributed by atoms with van der Waals surface area (Å²) < 4.78 is 11.3. The molecule has 0 unspecified atom stereocenters. The molecule has 178 valence electrons. The number of hydrazine groups is 1. The number of nitrogens with one attached hydrogen (secondary N) is 1. The smallest absolute Gasteiger partial charge is 0.285 e. The number of hydrogen-bond donors (Lipinski definition) is 1. The Hall–Kier alpha value is -2.77. The monoisotopic (exact) mass is 522 g/mol.